The zero-order valence-electron chi connectivity index (χ0n) is 15.3. The standard InChI is InChI=1S/C21H17FN2O3S/c1-4-11-27-17-10-9-14(12-18(17)26-3)13-19-20(25)24(2)21(28-19)23-16-8-6-5-7-15(16)22/h1,5-10,12-13H,11H2,2-3H3/b19-13+,23-21?. The molecule has 3 rings (SSSR count). The van der Waals surface area contributed by atoms with Gasteiger partial charge in [-0.15, -0.1) is 6.42 Å². The summed E-state index contributed by atoms with van der Waals surface area (Å²) in [7, 11) is 3.13. The first-order valence-corrected chi connectivity index (χ1v) is 9.10. The van der Waals surface area contributed by atoms with E-state index in [-0.39, 0.29) is 18.2 Å². The number of thioether (sulfide) groups is 1. The summed E-state index contributed by atoms with van der Waals surface area (Å²) in [6, 6.07) is 11.4. The van der Waals surface area contributed by atoms with Crippen LogP contribution in [0.2, 0.25) is 0 Å². The zero-order valence-corrected chi connectivity index (χ0v) is 16.1. The Bertz CT molecular complexity index is 1010. The number of nitrogens with zero attached hydrogens (tertiary/aromatic N) is 2. The number of methoxy groups -OCH3 is 1. The number of ether oxygens (including phenoxy) is 2. The number of rotatable bonds is 5. The molecule has 0 spiro atoms. The summed E-state index contributed by atoms with van der Waals surface area (Å²) in [4.78, 5) is 18.7. The second-order valence-corrected chi connectivity index (χ2v) is 6.73. The molecule has 1 fully saturated rings. The Morgan fingerprint density at radius 1 is 1.29 bits per heavy atom. The molecule has 0 saturated carbocycles. The Kier molecular flexibility index (Phi) is 6.02. The van der Waals surface area contributed by atoms with E-state index in [1.165, 1.54) is 29.8 Å². The lowest BCUT2D eigenvalue weighted by atomic mass is 10.2. The Balaban J connectivity index is 1.88. The van der Waals surface area contributed by atoms with Gasteiger partial charge in [0, 0.05) is 7.05 Å². The number of aliphatic imine (C=N–C) groups is 1. The molecule has 0 aromatic heterocycles. The Hall–Kier alpha value is -3.24. The van der Waals surface area contributed by atoms with Gasteiger partial charge in [-0.25, -0.2) is 9.38 Å². The number of amides is 1. The molecule has 2 aromatic carbocycles. The summed E-state index contributed by atoms with van der Waals surface area (Å²) < 4.78 is 24.6. The number of terminal acetylenes is 1. The summed E-state index contributed by atoms with van der Waals surface area (Å²) >= 11 is 1.18. The van der Waals surface area contributed by atoms with E-state index in [1.807, 2.05) is 0 Å². The van der Waals surface area contributed by atoms with Crippen molar-refractivity contribution >= 4 is 34.6 Å². The van der Waals surface area contributed by atoms with Crippen molar-refractivity contribution in [1.82, 2.24) is 4.90 Å². The van der Waals surface area contributed by atoms with Gasteiger partial charge in [0.1, 0.15) is 18.1 Å². The monoisotopic (exact) mass is 396 g/mol. The largest absolute Gasteiger partial charge is 0.493 e. The van der Waals surface area contributed by atoms with E-state index in [9.17, 15) is 9.18 Å². The number of amidine groups is 1. The predicted octanol–water partition coefficient (Wildman–Crippen LogP) is 4.08. The SMILES string of the molecule is C#CCOc1ccc(/C=C2/SC(=Nc3ccccc3F)N(C)C2=O)cc1OC. The van der Waals surface area contributed by atoms with Crippen LogP contribution in [0.25, 0.3) is 6.08 Å². The van der Waals surface area contributed by atoms with Gasteiger partial charge >= 0.3 is 0 Å². The molecular formula is C21H17FN2O3S. The van der Waals surface area contributed by atoms with Gasteiger partial charge in [-0.05, 0) is 47.7 Å². The lowest BCUT2D eigenvalue weighted by Crippen LogP contribution is -2.23. The van der Waals surface area contributed by atoms with Crippen LogP contribution in [0.5, 0.6) is 11.5 Å². The van der Waals surface area contributed by atoms with Crippen molar-refractivity contribution in [3.63, 3.8) is 0 Å². The smallest absolute Gasteiger partial charge is 0.266 e. The molecule has 28 heavy (non-hydrogen) atoms. The second kappa shape index (κ2) is 8.63. The van der Waals surface area contributed by atoms with Gasteiger partial charge in [-0.3, -0.25) is 9.69 Å². The fourth-order valence-corrected chi connectivity index (χ4v) is 3.44. The maximum atomic E-state index is 13.8. The van der Waals surface area contributed by atoms with E-state index in [0.717, 1.165) is 5.56 Å². The number of para-hydroxylation sites is 1. The van der Waals surface area contributed by atoms with Gasteiger partial charge in [-0.2, -0.15) is 0 Å². The fourth-order valence-electron chi connectivity index (χ4n) is 2.46. The third kappa shape index (κ3) is 4.18. The Morgan fingerprint density at radius 3 is 2.79 bits per heavy atom. The summed E-state index contributed by atoms with van der Waals surface area (Å²) in [6.07, 6.45) is 6.93. The maximum absolute atomic E-state index is 13.8. The molecular weight excluding hydrogens is 379 g/mol. The fraction of sp³-hybridized carbons (Fsp3) is 0.143. The van der Waals surface area contributed by atoms with Crippen LogP contribution < -0.4 is 9.47 Å². The maximum Gasteiger partial charge on any atom is 0.266 e. The van der Waals surface area contributed by atoms with Crippen LogP contribution >= 0.6 is 11.8 Å². The molecule has 5 nitrogen and oxygen atoms in total. The molecule has 1 heterocycles. The average Bonchev–Trinajstić information content (AvgIpc) is 2.96. The molecule has 7 heteroatoms. The second-order valence-electron chi connectivity index (χ2n) is 5.72. The zero-order chi connectivity index (χ0) is 20.1. The van der Waals surface area contributed by atoms with Crippen LogP contribution in [0, 0.1) is 18.2 Å². The lowest BCUT2D eigenvalue weighted by Gasteiger charge is -2.09. The summed E-state index contributed by atoms with van der Waals surface area (Å²) in [5.41, 5.74) is 0.934. The summed E-state index contributed by atoms with van der Waals surface area (Å²) in [5.74, 6) is 2.77. The molecule has 142 valence electrons. The van der Waals surface area contributed by atoms with Crippen molar-refractivity contribution in [2.45, 2.75) is 0 Å². The molecule has 2 aromatic rings. The van der Waals surface area contributed by atoms with E-state index in [0.29, 0.717) is 21.6 Å². The van der Waals surface area contributed by atoms with Crippen LogP contribution in [0.4, 0.5) is 10.1 Å². The summed E-state index contributed by atoms with van der Waals surface area (Å²) in [5, 5.41) is 0.405. The number of hydrogen-bond donors (Lipinski definition) is 0. The number of carbonyl (C=O) groups excluding carboxylic acids is 1. The third-order valence-corrected chi connectivity index (χ3v) is 4.93. The number of benzene rings is 2. The topological polar surface area (TPSA) is 51.1 Å². The first kappa shape index (κ1) is 19.5. The quantitative estimate of drug-likeness (QED) is 0.565. The minimum atomic E-state index is -0.443. The molecule has 0 unspecified atom stereocenters. The van der Waals surface area contributed by atoms with Gasteiger partial charge in [0.15, 0.2) is 16.7 Å². The van der Waals surface area contributed by atoms with Gasteiger partial charge < -0.3 is 9.47 Å². The highest BCUT2D eigenvalue weighted by molar-refractivity contribution is 8.18. The van der Waals surface area contributed by atoms with Gasteiger partial charge in [0.2, 0.25) is 0 Å². The van der Waals surface area contributed by atoms with Crippen LogP contribution in [0.3, 0.4) is 0 Å². The first-order valence-electron chi connectivity index (χ1n) is 8.28. The minimum absolute atomic E-state index is 0.131. The number of hydrogen-bond acceptors (Lipinski definition) is 5. The molecule has 1 aliphatic rings. The van der Waals surface area contributed by atoms with E-state index in [1.54, 1.807) is 49.5 Å². The highest BCUT2D eigenvalue weighted by Crippen LogP contribution is 2.35. The Labute approximate surface area is 166 Å². The molecule has 0 N–H and O–H groups in total. The van der Waals surface area contributed by atoms with E-state index in [4.69, 9.17) is 15.9 Å². The van der Waals surface area contributed by atoms with Crippen molar-refractivity contribution in [3.05, 3.63) is 58.8 Å². The van der Waals surface area contributed by atoms with E-state index in [2.05, 4.69) is 10.9 Å². The molecule has 0 bridgehead atoms. The Morgan fingerprint density at radius 2 is 2.07 bits per heavy atom. The molecule has 0 aliphatic carbocycles. The lowest BCUT2D eigenvalue weighted by molar-refractivity contribution is -0.121. The van der Waals surface area contributed by atoms with Crippen LogP contribution in [-0.4, -0.2) is 36.7 Å². The van der Waals surface area contributed by atoms with E-state index < -0.39 is 5.82 Å². The van der Waals surface area contributed by atoms with Crippen molar-refractivity contribution in [1.29, 1.82) is 0 Å². The molecule has 0 atom stereocenters. The predicted molar refractivity (Wildman–Crippen MR) is 109 cm³/mol. The highest BCUT2D eigenvalue weighted by Gasteiger charge is 2.30. The van der Waals surface area contributed by atoms with Crippen LogP contribution in [0.1, 0.15) is 5.56 Å². The highest BCUT2D eigenvalue weighted by atomic mass is 32.2. The van der Waals surface area contributed by atoms with Gasteiger partial charge in [0.05, 0.1) is 12.0 Å². The summed E-state index contributed by atoms with van der Waals surface area (Å²) in [6.45, 7) is 0.131. The first-order chi connectivity index (χ1) is 13.5. The molecule has 1 amide bonds. The van der Waals surface area contributed by atoms with E-state index >= 15 is 0 Å². The average molecular weight is 396 g/mol. The molecule has 1 aliphatic heterocycles. The number of halogens is 1. The minimum Gasteiger partial charge on any atom is -0.493 e. The van der Waals surface area contributed by atoms with Crippen molar-refractivity contribution in [3.8, 4) is 23.8 Å². The van der Waals surface area contributed by atoms with Crippen molar-refractivity contribution < 1.29 is 18.7 Å². The molecule has 1 saturated heterocycles. The molecule has 0 radical (unpaired) electrons. The van der Waals surface area contributed by atoms with Gasteiger partial charge in [0.25, 0.3) is 5.91 Å². The third-order valence-electron chi connectivity index (χ3n) is 3.87. The normalized spacial score (nSPS) is 16.5. The van der Waals surface area contributed by atoms with Crippen molar-refractivity contribution in [2.75, 3.05) is 20.8 Å². The van der Waals surface area contributed by atoms with Gasteiger partial charge in [-0.1, -0.05) is 24.1 Å². The van der Waals surface area contributed by atoms with Crippen LogP contribution in [-0.2, 0) is 4.79 Å². The van der Waals surface area contributed by atoms with Crippen molar-refractivity contribution in [2.24, 2.45) is 4.99 Å². The number of carbonyl (C=O) groups is 1. The van der Waals surface area contributed by atoms with Crippen LogP contribution in [0.15, 0.2) is 52.4 Å². The number of likely N-dealkylation sites (N-methyl/N-ethyl adjacent to an activating group) is 1.